The minimum Gasteiger partial charge on any atom is -0.445 e. The molecule has 0 bridgehead atoms. The minimum absolute atomic E-state index is 0.209. The fourth-order valence-electron chi connectivity index (χ4n) is 3.95. The molecule has 2 aromatic rings. The molecule has 1 spiro atoms. The van der Waals surface area contributed by atoms with Gasteiger partial charge >= 0.3 is 12.1 Å². The Morgan fingerprint density at radius 3 is 2.14 bits per heavy atom. The lowest BCUT2D eigenvalue weighted by Gasteiger charge is -2.41. The van der Waals surface area contributed by atoms with Crippen LogP contribution in [-0.2, 0) is 22.7 Å². The zero-order chi connectivity index (χ0) is 20.3. The highest BCUT2D eigenvalue weighted by Gasteiger charge is 2.54. The molecular weight excluding hydrogens is 370 g/mol. The SMILES string of the molecule is O=C(OCc1ccccc1)N1CCC2(CC1)C(=O)NC(=O)N2Cc1ccccc1. The summed E-state index contributed by atoms with van der Waals surface area (Å²) in [6.07, 6.45) is 0.374. The van der Waals surface area contributed by atoms with Crippen molar-refractivity contribution in [1.29, 1.82) is 0 Å². The van der Waals surface area contributed by atoms with Crippen molar-refractivity contribution in [2.24, 2.45) is 0 Å². The number of nitrogens with zero attached hydrogens (tertiary/aromatic N) is 2. The van der Waals surface area contributed by atoms with Crippen LogP contribution in [0.15, 0.2) is 60.7 Å². The molecule has 0 unspecified atom stereocenters. The molecule has 0 saturated carbocycles. The van der Waals surface area contributed by atoms with Gasteiger partial charge in [0.15, 0.2) is 0 Å². The summed E-state index contributed by atoms with van der Waals surface area (Å²) in [5.41, 5.74) is 0.967. The van der Waals surface area contributed by atoms with Gasteiger partial charge in [-0.15, -0.1) is 0 Å². The molecule has 2 aliphatic heterocycles. The smallest absolute Gasteiger partial charge is 0.410 e. The number of amides is 4. The number of benzene rings is 2. The predicted octanol–water partition coefficient (Wildman–Crippen LogP) is 2.91. The van der Waals surface area contributed by atoms with E-state index in [1.165, 1.54) is 0 Å². The molecule has 0 aromatic heterocycles. The molecule has 7 heteroatoms. The van der Waals surface area contributed by atoms with Crippen molar-refractivity contribution in [3.63, 3.8) is 0 Å². The number of imide groups is 1. The van der Waals surface area contributed by atoms with Gasteiger partial charge in [0.25, 0.3) is 5.91 Å². The van der Waals surface area contributed by atoms with E-state index in [0.29, 0.717) is 32.5 Å². The van der Waals surface area contributed by atoms with E-state index in [4.69, 9.17) is 4.74 Å². The van der Waals surface area contributed by atoms with Crippen LogP contribution in [0.25, 0.3) is 0 Å². The highest BCUT2D eigenvalue weighted by Crippen LogP contribution is 2.34. The average Bonchev–Trinajstić information content (AvgIpc) is 2.98. The van der Waals surface area contributed by atoms with Crippen molar-refractivity contribution < 1.29 is 19.1 Å². The first-order valence-corrected chi connectivity index (χ1v) is 9.71. The monoisotopic (exact) mass is 393 g/mol. The maximum Gasteiger partial charge on any atom is 0.410 e. The molecule has 0 radical (unpaired) electrons. The number of rotatable bonds is 4. The second-order valence-corrected chi connectivity index (χ2v) is 7.39. The maximum absolute atomic E-state index is 12.6. The quantitative estimate of drug-likeness (QED) is 0.810. The van der Waals surface area contributed by atoms with Crippen LogP contribution in [0.1, 0.15) is 24.0 Å². The molecule has 4 rings (SSSR count). The Kier molecular flexibility index (Phi) is 5.20. The summed E-state index contributed by atoms with van der Waals surface area (Å²) in [7, 11) is 0. The molecule has 2 heterocycles. The fourth-order valence-corrected chi connectivity index (χ4v) is 3.95. The molecule has 4 amide bonds. The number of carbonyl (C=O) groups is 3. The van der Waals surface area contributed by atoms with Gasteiger partial charge in [-0.25, -0.2) is 9.59 Å². The zero-order valence-corrected chi connectivity index (χ0v) is 16.0. The first-order chi connectivity index (χ1) is 14.1. The molecule has 29 heavy (non-hydrogen) atoms. The van der Waals surface area contributed by atoms with Gasteiger partial charge in [0, 0.05) is 19.6 Å². The van der Waals surface area contributed by atoms with Crippen LogP contribution in [0.5, 0.6) is 0 Å². The predicted molar refractivity (Wildman–Crippen MR) is 106 cm³/mol. The summed E-state index contributed by atoms with van der Waals surface area (Å²) < 4.78 is 5.39. The summed E-state index contributed by atoms with van der Waals surface area (Å²) in [5, 5.41) is 2.45. The Bertz CT molecular complexity index is 893. The summed E-state index contributed by atoms with van der Waals surface area (Å²) in [5.74, 6) is -0.282. The number of urea groups is 1. The molecule has 2 fully saturated rings. The molecule has 1 N–H and O–H groups in total. The molecular formula is C22H23N3O4. The third kappa shape index (κ3) is 3.81. The normalized spacial score (nSPS) is 18.1. The summed E-state index contributed by atoms with van der Waals surface area (Å²) in [4.78, 5) is 40.7. The van der Waals surface area contributed by atoms with Crippen molar-refractivity contribution in [2.45, 2.75) is 31.5 Å². The number of piperidine rings is 1. The third-order valence-corrected chi connectivity index (χ3v) is 5.64. The van der Waals surface area contributed by atoms with Crippen molar-refractivity contribution in [1.82, 2.24) is 15.1 Å². The molecule has 0 atom stereocenters. The molecule has 0 aliphatic carbocycles. The minimum atomic E-state index is -0.914. The van der Waals surface area contributed by atoms with Gasteiger partial charge in [-0.1, -0.05) is 60.7 Å². The molecule has 2 aromatic carbocycles. The number of carbonyl (C=O) groups excluding carboxylic acids is 3. The largest absolute Gasteiger partial charge is 0.445 e. The Balaban J connectivity index is 1.40. The standard InChI is InChI=1S/C22H23N3O4/c26-19-22(25(20(27)23-19)15-17-7-3-1-4-8-17)11-13-24(14-12-22)21(28)29-16-18-9-5-2-6-10-18/h1-10H,11-16H2,(H,23,26,27). The molecule has 150 valence electrons. The van der Waals surface area contributed by atoms with Gasteiger partial charge in [-0.2, -0.15) is 0 Å². The van der Waals surface area contributed by atoms with Gasteiger partial charge in [0.2, 0.25) is 0 Å². The molecule has 2 saturated heterocycles. The van der Waals surface area contributed by atoms with E-state index in [0.717, 1.165) is 11.1 Å². The lowest BCUT2D eigenvalue weighted by Crippen LogP contribution is -2.57. The Morgan fingerprint density at radius 1 is 0.931 bits per heavy atom. The van der Waals surface area contributed by atoms with Crippen LogP contribution in [0.4, 0.5) is 9.59 Å². The van der Waals surface area contributed by atoms with Crippen LogP contribution in [-0.4, -0.2) is 46.5 Å². The Morgan fingerprint density at radius 2 is 1.52 bits per heavy atom. The van der Waals surface area contributed by atoms with E-state index in [1.54, 1.807) is 9.80 Å². The Labute approximate surface area is 169 Å². The lowest BCUT2D eigenvalue weighted by molar-refractivity contribution is -0.129. The van der Waals surface area contributed by atoms with Crippen molar-refractivity contribution >= 4 is 18.0 Å². The Hall–Kier alpha value is -3.35. The number of ether oxygens (including phenoxy) is 1. The van der Waals surface area contributed by atoms with E-state index in [2.05, 4.69) is 5.32 Å². The van der Waals surface area contributed by atoms with E-state index in [9.17, 15) is 14.4 Å². The molecule has 7 nitrogen and oxygen atoms in total. The second-order valence-electron chi connectivity index (χ2n) is 7.39. The topological polar surface area (TPSA) is 79.0 Å². The molecule has 2 aliphatic rings. The first-order valence-electron chi connectivity index (χ1n) is 9.71. The van der Waals surface area contributed by atoms with Gasteiger partial charge in [0.1, 0.15) is 12.1 Å². The average molecular weight is 393 g/mol. The van der Waals surface area contributed by atoms with E-state index in [-0.39, 0.29) is 18.5 Å². The van der Waals surface area contributed by atoms with Crippen LogP contribution < -0.4 is 5.32 Å². The summed E-state index contributed by atoms with van der Waals surface area (Å²) in [6, 6.07) is 18.7. The van der Waals surface area contributed by atoms with E-state index < -0.39 is 11.6 Å². The number of likely N-dealkylation sites (tertiary alicyclic amines) is 1. The highest BCUT2D eigenvalue weighted by molar-refractivity contribution is 6.07. The number of hydrogen-bond acceptors (Lipinski definition) is 4. The van der Waals surface area contributed by atoms with Gasteiger partial charge < -0.3 is 14.5 Å². The van der Waals surface area contributed by atoms with Gasteiger partial charge in [0.05, 0.1) is 0 Å². The van der Waals surface area contributed by atoms with Crippen molar-refractivity contribution in [2.75, 3.05) is 13.1 Å². The zero-order valence-electron chi connectivity index (χ0n) is 16.0. The van der Waals surface area contributed by atoms with Crippen molar-refractivity contribution in [3.8, 4) is 0 Å². The maximum atomic E-state index is 12.6. The second kappa shape index (κ2) is 7.95. The number of nitrogens with one attached hydrogen (secondary N) is 1. The lowest BCUT2D eigenvalue weighted by atomic mass is 9.86. The summed E-state index contributed by atoms with van der Waals surface area (Å²) >= 11 is 0. The van der Waals surface area contributed by atoms with Crippen LogP contribution >= 0.6 is 0 Å². The highest BCUT2D eigenvalue weighted by atomic mass is 16.6. The number of hydrogen-bond donors (Lipinski definition) is 1. The fraction of sp³-hybridized carbons (Fsp3) is 0.318. The van der Waals surface area contributed by atoms with Crippen LogP contribution in [0, 0.1) is 0 Å². The van der Waals surface area contributed by atoms with E-state index >= 15 is 0 Å². The van der Waals surface area contributed by atoms with Gasteiger partial charge in [-0.3, -0.25) is 10.1 Å². The third-order valence-electron chi connectivity index (χ3n) is 5.64. The van der Waals surface area contributed by atoms with Crippen LogP contribution in [0.3, 0.4) is 0 Å². The van der Waals surface area contributed by atoms with Crippen LogP contribution in [0.2, 0.25) is 0 Å². The van der Waals surface area contributed by atoms with E-state index in [1.807, 2.05) is 60.7 Å². The van der Waals surface area contributed by atoms with Gasteiger partial charge in [-0.05, 0) is 24.0 Å². The first kappa shape index (κ1) is 19.0. The van der Waals surface area contributed by atoms with Crippen molar-refractivity contribution in [3.05, 3.63) is 71.8 Å². The summed E-state index contributed by atoms with van der Waals surface area (Å²) in [6.45, 7) is 1.29.